The first kappa shape index (κ1) is 36.5. The van der Waals surface area contributed by atoms with Crippen molar-refractivity contribution in [2.24, 2.45) is 11.8 Å². The number of ether oxygens (including phenoxy) is 3. The standard InChI is InChI=1S/C29H41ClN3O11P/c1-18(2)11-14-40-24(35)16-21(28(37)41-15-12-19(3)4)32-45(39,44-20-8-6-5-7-9-20)42-17-22-26(36)25(30)27(43-22)33-13-10-23(34)31-29(33)38/h5-10,13,18-19,21-22,25-27,36H,11-12,14-17H2,1-4H3,(H,32,39)(H,31,34,38)/t21-,22+,25+,26?,27+,45?/m0/s1. The zero-order valence-corrected chi connectivity index (χ0v) is 27.3. The summed E-state index contributed by atoms with van der Waals surface area (Å²) in [6, 6.07) is 7.56. The molecule has 16 heteroatoms. The third-order valence-corrected chi connectivity index (χ3v) is 8.71. The number of aliphatic hydroxyl groups excluding tert-OH is 1. The van der Waals surface area contributed by atoms with Crippen molar-refractivity contribution in [2.45, 2.75) is 76.8 Å². The van der Waals surface area contributed by atoms with Gasteiger partial charge >= 0.3 is 25.4 Å². The molecule has 3 N–H and O–H groups in total. The molecule has 2 aromatic rings. The molecule has 1 aliphatic heterocycles. The number of halogens is 1. The summed E-state index contributed by atoms with van der Waals surface area (Å²) < 4.78 is 42.9. The van der Waals surface area contributed by atoms with Gasteiger partial charge in [-0.15, -0.1) is 11.6 Å². The molecule has 1 fully saturated rings. The smallest absolute Gasteiger partial charge is 0.459 e. The van der Waals surface area contributed by atoms with E-state index in [1.54, 1.807) is 18.2 Å². The number of carbonyl (C=O) groups excluding carboxylic acids is 2. The Morgan fingerprint density at radius 2 is 1.71 bits per heavy atom. The van der Waals surface area contributed by atoms with Crippen LogP contribution in [0.5, 0.6) is 5.75 Å². The van der Waals surface area contributed by atoms with E-state index in [-0.39, 0.29) is 30.8 Å². The highest BCUT2D eigenvalue weighted by molar-refractivity contribution is 7.52. The van der Waals surface area contributed by atoms with Crippen LogP contribution in [-0.4, -0.2) is 70.0 Å². The second kappa shape index (κ2) is 17.1. The Morgan fingerprint density at radius 1 is 1.07 bits per heavy atom. The predicted molar refractivity (Wildman–Crippen MR) is 164 cm³/mol. The van der Waals surface area contributed by atoms with Crippen LogP contribution in [-0.2, 0) is 32.9 Å². The van der Waals surface area contributed by atoms with Crippen LogP contribution in [0.15, 0.2) is 52.2 Å². The molecule has 14 nitrogen and oxygen atoms in total. The van der Waals surface area contributed by atoms with Gasteiger partial charge in [0, 0.05) is 12.3 Å². The van der Waals surface area contributed by atoms with E-state index in [2.05, 4.69) is 10.1 Å². The maximum Gasteiger partial charge on any atom is 0.459 e. The number of H-pyrrole nitrogens is 1. The molecule has 1 aromatic heterocycles. The van der Waals surface area contributed by atoms with Gasteiger partial charge in [0.1, 0.15) is 29.4 Å². The number of benzene rings is 1. The zero-order valence-electron chi connectivity index (χ0n) is 25.6. The predicted octanol–water partition coefficient (Wildman–Crippen LogP) is 3.13. The molecule has 0 spiro atoms. The van der Waals surface area contributed by atoms with Gasteiger partial charge in [0.15, 0.2) is 6.23 Å². The topological polar surface area (TPSA) is 184 Å². The number of rotatable bonds is 17. The summed E-state index contributed by atoms with van der Waals surface area (Å²) >= 11 is 6.35. The molecule has 0 radical (unpaired) electrons. The van der Waals surface area contributed by atoms with Crippen molar-refractivity contribution in [3.05, 3.63) is 63.4 Å². The Kier molecular flexibility index (Phi) is 13.8. The summed E-state index contributed by atoms with van der Waals surface area (Å²) in [5, 5.41) is 12.1. The van der Waals surface area contributed by atoms with Crippen molar-refractivity contribution < 1.29 is 42.5 Å². The van der Waals surface area contributed by atoms with E-state index in [1.807, 2.05) is 27.7 Å². The Balaban J connectivity index is 1.81. The lowest BCUT2D eigenvalue weighted by atomic mass is 10.1. The molecule has 1 aliphatic rings. The third-order valence-electron chi connectivity index (χ3n) is 6.66. The number of esters is 2. The van der Waals surface area contributed by atoms with E-state index in [0.29, 0.717) is 12.8 Å². The van der Waals surface area contributed by atoms with Gasteiger partial charge in [-0.1, -0.05) is 45.9 Å². The first-order valence-corrected chi connectivity index (χ1v) is 16.6. The Bertz CT molecular complexity index is 1420. The SMILES string of the molecule is CC(C)CCOC(=O)C[C@H](NP(=O)(OC[C@H]1O[C@@H](n2ccc(=O)[nH]c2=O)[C@H](Cl)C1O)Oc1ccccc1)C(=O)OCCC(C)C. The van der Waals surface area contributed by atoms with Crippen LogP contribution < -0.4 is 20.9 Å². The fourth-order valence-corrected chi connectivity index (χ4v) is 5.92. The van der Waals surface area contributed by atoms with Crippen LogP contribution in [0.2, 0.25) is 0 Å². The Labute approximate surface area is 265 Å². The number of alkyl halides is 1. The quantitative estimate of drug-likeness (QED) is 0.127. The molecule has 0 amide bonds. The lowest BCUT2D eigenvalue weighted by molar-refractivity contribution is -0.152. The Morgan fingerprint density at radius 3 is 2.33 bits per heavy atom. The maximum atomic E-state index is 14.2. The van der Waals surface area contributed by atoms with Gasteiger partial charge in [-0.05, 0) is 36.8 Å². The van der Waals surface area contributed by atoms with Gasteiger partial charge in [0.05, 0.1) is 26.2 Å². The summed E-state index contributed by atoms with van der Waals surface area (Å²) in [5.41, 5.74) is -1.45. The van der Waals surface area contributed by atoms with Crippen molar-refractivity contribution in [3.8, 4) is 5.75 Å². The zero-order chi connectivity index (χ0) is 33.1. The molecular formula is C29H41ClN3O11P. The number of aromatic amines is 1. The Hall–Kier alpha value is -3.00. The highest BCUT2D eigenvalue weighted by atomic mass is 35.5. The summed E-state index contributed by atoms with van der Waals surface area (Å²) in [5.74, 6) is -0.967. The number of aliphatic hydroxyl groups is 1. The van der Waals surface area contributed by atoms with Gasteiger partial charge in [-0.3, -0.25) is 28.5 Å². The monoisotopic (exact) mass is 673 g/mol. The second-order valence-electron chi connectivity index (χ2n) is 11.4. The first-order chi connectivity index (χ1) is 21.3. The molecule has 3 rings (SSSR count). The average molecular weight is 674 g/mol. The van der Waals surface area contributed by atoms with E-state index in [0.717, 1.165) is 16.8 Å². The minimum absolute atomic E-state index is 0.0620. The lowest BCUT2D eigenvalue weighted by Gasteiger charge is -2.26. The highest BCUT2D eigenvalue weighted by Crippen LogP contribution is 2.46. The van der Waals surface area contributed by atoms with Crippen molar-refractivity contribution in [2.75, 3.05) is 19.8 Å². The number of para-hydroxylation sites is 1. The van der Waals surface area contributed by atoms with Gasteiger partial charge in [-0.25, -0.2) is 9.36 Å². The summed E-state index contributed by atoms with van der Waals surface area (Å²) in [6.45, 7) is 7.46. The number of hydrogen-bond donors (Lipinski definition) is 3. The second-order valence-corrected chi connectivity index (χ2v) is 13.6. The highest BCUT2D eigenvalue weighted by Gasteiger charge is 2.46. The van der Waals surface area contributed by atoms with E-state index >= 15 is 0 Å². The number of hydrogen-bond acceptors (Lipinski definition) is 11. The van der Waals surface area contributed by atoms with Gasteiger partial charge in [-0.2, -0.15) is 5.09 Å². The number of nitrogens with one attached hydrogen (secondary N) is 2. The summed E-state index contributed by atoms with van der Waals surface area (Å²) in [7, 11) is -4.52. The van der Waals surface area contributed by atoms with Crippen molar-refractivity contribution in [1.29, 1.82) is 0 Å². The molecule has 0 aliphatic carbocycles. The molecule has 2 unspecified atom stereocenters. The van der Waals surface area contributed by atoms with Crippen LogP contribution in [0.1, 0.15) is 53.2 Å². The normalized spacial score (nSPS) is 21.8. The van der Waals surface area contributed by atoms with Crippen molar-refractivity contribution >= 4 is 31.3 Å². The number of aromatic nitrogens is 2. The van der Waals surface area contributed by atoms with Crippen LogP contribution in [0.4, 0.5) is 0 Å². The first-order valence-electron chi connectivity index (χ1n) is 14.7. The van der Waals surface area contributed by atoms with Crippen molar-refractivity contribution in [1.82, 2.24) is 14.6 Å². The number of carbonyl (C=O) groups is 2. The van der Waals surface area contributed by atoms with E-state index < -0.39 is 73.8 Å². The summed E-state index contributed by atoms with van der Waals surface area (Å²) in [6.07, 6.45) is -2.03. The van der Waals surface area contributed by atoms with Gasteiger partial charge in [0.25, 0.3) is 5.56 Å². The average Bonchev–Trinajstić information content (AvgIpc) is 3.24. The van der Waals surface area contributed by atoms with Crippen LogP contribution in [0.3, 0.4) is 0 Å². The van der Waals surface area contributed by atoms with E-state index in [9.17, 15) is 28.8 Å². The molecule has 2 heterocycles. The van der Waals surface area contributed by atoms with Crippen LogP contribution in [0.25, 0.3) is 0 Å². The fraction of sp³-hybridized carbons (Fsp3) is 0.586. The molecule has 250 valence electrons. The van der Waals surface area contributed by atoms with E-state index in [1.165, 1.54) is 12.1 Å². The van der Waals surface area contributed by atoms with Crippen LogP contribution in [0, 0.1) is 11.8 Å². The summed E-state index contributed by atoms with van der Waals surface area (Å²) in [4.78, 5) is 51.6. The van der Waals surface area contributed by atoms with E-state index in [4.69, 9.17) is 34.9 Å². The van der Waals surface area contributed by atoms with Crippen molar-refractivity contribution in [3.63, 3.8) is 0 Å². The van der Waals surface area contributed by atoms with Crippen LogP contribution >= 0.6 is 19.3 Å². The maximum absolute atomic E-state index is 14.2. The largest absolute Gasteiger partial charge is 0.466 e. The van der Waals surface area contributed by atoms with Gasteiger partial charge < -0.3 is 23.8 Å². The molecule has 0 saturated carbocycles. The molecular weight excluding hydrogens is 633 g/mol. The number of nitrogens with zero attached hydrogens (tertiary/aromatic N) is 1. The third kappa shape index (κ3) is 11.4. The minimum atomic E-state index is -4.52. The molecule has 1 aromatic carbocycles. The fourth-order valence-electron chi connectivity index (χ4n) is 4.08. The van der Waals surface area contributed by atoms with Gasteiger partial charge in [0.2, 0.25) is 0 Å². The lowest BCUT2D eigenvalue weighted by Crippen LogP contribution is -2.41. The molecule has 45 heavy (non-hydrogen) atoms. The molecule has 6 atom stereocenters. The molecule has 1 saturated heterocycles. The minimum Gasteiger partial charge on any atom is -0.466 e. The molecule has 0 bridgehead atoms.